The van der Waals surface area contributed by atoms with E-state index in [1.165, 1.54) is 36.4 Å². The van der Waals surface area contributed by atoms with E-state index in [2.05, 4.69) is 5.32 Å². The number of alkyl halides is 3. The average Bonchev–Trinajstić information content (AvgIpc) is 2.57. The Morgan fingerprint density at radius 1 is 1.11 bits per heavy atom. The fourth-order valence-electron chi connectivity index (χ4n) is 2.42. The number of phenolic OH excluding ortho intramolecular Hbond substituents is 1. The van der Waals surface area contributed by atoms with Crippen LogP contribution in [0.1, 0.15) is 26.3 Å². The molecule has 1 amide bonds. The van der Waals surface area contributed by atoms with E-state index in [0.29, 0.717) is 0 Å². The molecular weight excluding hydrogens is 375 g/mol. The van der Waals surface area contributed by atoms with Gasteiger partial charge in [0.05, 0.1) is 12.1 Å². The fourth-order valence-corrected chi connectivity index (χ4v) is 2.42. The van der Waals surface area contributed by atoms with E-state index in [1.807, 2.05) is 0 Å². The molecule has 0 aromatic heterocycles. The number of carbonyl (C=O) groups excluding carboxylic acids is 1. The van der Waals surface area contributed by atoms with Crippen LogP contribution in [0.4, 0.5) is 18.0 Å². The lowest BCUT2D eigenvalue weighted by atomic mass is 9.99. The monoisotopic (exact) mass is 397 g/mol. The topological polar surface area (TPSA) is 67.8 Å². The van der Waals surface area contributed by atoms with Gasteiger partial charge in [0.15, 0.2) is 11.5 Å². The molecule has 0 heterocycles. The molecule has 5 nitrogen and oxygen atoms in total. The van der Waals surface area contributed by atoms with E-state index in [9.17, 15) is 23.1 Å². The quantitative estimate of drug-likeness (QED) is 0.698. The zero-order valence-corrected chi connectivity index (χ0v) is 15.8. The van der Waals surface area contributed by atoms with Crippen molar-refractivity contribution in [2.45, 2.75) is 32.5 Å². The highest BCUT2D eigenvalue weighted by Gasteiger charge is 2.33. The summed E-state index contributed by atoms with van der Waals surface area (Å²) >= 11 is 0. The van der Waals surface area contributed by atoms with E-state index in [1.54, 1.807) is 20.8 Å². The summed E-state index contributed by atoms with van der Waals surface area (Å²) in [6.07, 6.45) is -5.10. The first-order valence-corrected chi connectivity index (χ1v) is 8.56. The highest BCUT2D eigenvalue weighted by atomic mass is 19.4. The molecule has 28 heavy (non-hydrogen) atoms. The number of ether oxygens (including phenoxy) is 2. The number of hydrogen-bond acceptors (Lipinski definition) is 4. The number of hydrogen-bond donors (Lipinski definition) is 2. The summed E-state index contributed by atoms with van der Waals surface area (Å²) in [5.74, 6) is -0.203. The molecule has 0 unspecified atom stereocenters. The first-order valence-electron chi connectivity index (χ1n) is 8.56. The van der Waals surface area contributed by atoms with Gasteiger partial charge in [0.2, 0.25) is 0 Å². The van der Waals surface area contributed by atoms with Gasteiger partial charge in [-0.3, -0.25) is 0 Å². The smallest absolute Gasteiger partial charge is 0.417 e. The Morgan fingerprint density at radius 2 is 1.79 bits per heavy atom. The van der Waals surface area contributed by atoms with Gasteiger partial charge in [-0.05, 0) is 50.1 Å². The van der Waals surface area contributed by atoms with Crippen molar-refractivity contribution >= 4 is 6.09 Å². The molecule has 0 bridgehead atoms. The number of amides is 1. The molecule has 0 aliphatic rings. The standard InChI is InChI=1S/C20H22F3NO4/c1-19(2,3)28-18(26)24-10-11-27-17-9-8-13(12-16(17)25)14-6-4-5-7-15(14)20(21,22)23/h4-9,12,25H,10-11H2,1-3H3,(H,24,26). The molecule has 0 fully saturated rings. The van der Waals surface area contributed by atoms with Crippen LogP contribution in [0.3, 0.4) is 0 Å². The van der Waals surface area contributed by atoms with Gasteiger partial charge >= 0.3 is 12.3 Å². The number of nitrogens with one attached hydrogen (secondary N) is 1. The largest absolute Gasteiger partial charge is 0.504 e. The van der Waals surface area contributed by atoms with E-state index in [4.69, 9.17) is 9.47 Å². The SMILES string of the molecule is CC(C)(C)OC(=O)NCCOc1ccc(-c2ccccc2C(F)(F)F)cc1O. The minimum Gasteiger partial charge on any atom is -0.504 e. The molecular formula is C20H22F3NO4. The number of rotatable bonds is 5. The van der Waals surface area contributed by atoms with Crippen LogP contribution in [0.2, 0.25) is 0 Å². The van der Waals surface area contributed by atoms with Crippen molar-refractivity contribution in [3.8, 4) is 22.6 Å². The van der Waals surface area contributed by atoms with Crippen LogP contribution in [-0.4, -0.2) is 30.0 Å². The Morgan fingerprint density at radius 3 is 2.39 bits per heavy atom. The third kappa shape index (κ3) is 6.07. The number of alkyl carbamates (subject to hydrolysis) is 1. The molecule has 2 rings (SSSR count). The number of aromatic hydroxyl groups is 1. The lowest BCUT2D eigenvalue weighted by molar-refractivity contribution is -0.137. The Labute approximate surface area is 161 Å². The van der Waals surface area contributed by atoms with E-state index < -0.39 is 23.4 Å². The van der Waals surface area contributed by atoms with Gasteiger partial charge in [-0.15, -0.1) is 0 Å². The second kappa shape index (κ2) is 8.41. The van der Waals surface area contributed by atoms with Gasteiger partial charge in [0, 0.05) is 0 Å². The number of carbonyl (C=O) groups is 1. The maximum absolute atomic E-state index is 13.2. The number of phenols is 1. The van der Waals surface area contributed by atoms with E-state index in [0.717, 1.165) is 6.07 Å². The zero-order chi connectivity index (χ0) is 20.9. The zero-order valence-electron chi connectivity index (χ0n) is 15.8. The lowest BCUT2D eigenvalue weighted by Crippen LogP contribution is -2.34. The lowest BCUT2D eigenvalue weighted by Gasteiger charge is -2.19. The minimum absolute atomic E-state index is 0.0385. The minimum atomic E-state index is -4.51. The molecule has 0 saturated heterocycles. The van der Waals surface area contributed by atoms with Gasteiger partial charge in [-0.25, -0.2) is 4.79 Å². The van der Waals surface area contributed by atoms with Crippen molar-refractivity contribution in [3.05, 3.63) is 48.0 Å². The molecule has 2 aromatic rings. The second-order valence-electron chi connectivity index (χ2n) is 7.00. The molecule has 152 valence electrons. The van der Waals surface area contributed by atoms with Crippen LogP contribution in [0.25, 0.3) is 11.1 Å². The fraction of sp³-hybridized carbons (Fsp3) is 0.350. The van der Waals surface area contributed by atoms with E-state index >= 15 is 0 Å². The molecule has 2 aromatic carbocycles. The van der Waals surface area contributed by atoms with Gasteiger partial charge in [-0.2, -0.15) is 13.2 Å². The van der Waals surface area contributed by atoms with Crippen LogP contribution < -0.4 is 10.1 Å². The van der Waals surface area contributed by atoms with Gasteiger partial charge in [0.25, 0.3) is 0 Å². The Kier molecular flexibility index (Phi) is 6.43. The summed E-state index contributed by atoms with van der Waals surface area (Å²) in [5, 5.41) is 12.6. The predicted molar refractivity (Wildman–Crippen MR) is 98.3 cm³/mol. The Hall–Kier alpha value is -2.90. The van der Waals surface area contributed by atoms with Crippen molar-refractivity contribution in [1.29, 1.82) is 0 Å². The maximum atomic E-state index is 13.2. The second-order valence-corrected chi connectivity index (χ2v) is 7.00. The van der Waals surface area contributed by atoms with Crippen LogP contribution in [-0.2, 0) is 10.9 Å². The van der Waals surface area contributed by atoms with Crippen LogP contribution in [0.15, 0.2) is 42.5 Å². The first kappa shape index (κ1) is 21.4. The third-order valence-electron chi connectivity index (χ3n) is 3.53. The molecule has 2 N–H and O–H groups in total. The Balaban J connectivity index is 2.01. The van der Waals surface area contributed by atoms with E-state index in [-0.39, 0.29) is 35.8 Å². The Bertz CT molecular complexity index is 829. The highest BCUT2D eigenvalue weighted by Crippen LogP contribution is 2.39. The number of halogens is 3. The van der Waals surface area contributed by atoms with Gasteiger partial charge in [0.1, 0.15) is 12.2 Å². The molecule has 0 aliphatic heterocycles. The van der Waals surface area contributed by atoms with Gasteiger partial charge in [-0.1, -0.05) is 24.3 Å². The summed E-state index contributed by atoms with van der Waals surface area (Å²) in [6.45, 7) is 5.39. The molecule has 0 spiro atoms. The van der Waals surface area contributed by atoms with Crippen molar-refractivity contribution in [2.75, 3.05) is 13.2 Å². The first-order chi connectivity index (χ1) is 13.0. The number of benzene rings is 2. The van der Waals surface area contributed by atoms with Crippen molar-refractivity contribution in [2.24, 2.45) is 0 Å². The maximum Gasteiger partial charge on any atom is 0.417 e. The molecule has 0 radical (unpaired) electrons. The van der Waals surface area contributed by atoms with Crippen molar-refractivity contribution < 1.29 is 32.5 Å². The van der Waals surface area contributed by atoms with Crippen molar-refractivity contribution in [1.82, 2.24) is 5.32 Å². The normalized spacial score (nSPS) is 11.8. The average molecular weight is 397 g/mol. The molecule has 0 aliphatic carbocycles. The molecule has 0 saturated carbocycles. The van der Waals surface area contributed by atoms with Crippen molar-refractivity contribution in [3.63, 3.8) is 0 Å². The molecule has 0 atom stereocenters. The summed E-state index contributed by atoms with van der Waals surface area (Å²) in [4.78, 5) is 11.5. The highest BCUT2D eigenvalue weighted by molar-refractivity contribution is 5.70. The summed E-state index contributed by atoms with van der Waals surface area (Å²) in [6, 6.07) is 9.14. The van der Waals surface area contributed by atoms with Crippen LogP contribution in [0, 0.1) is 0 Å². The third-order valence-corrected chi connectivity index (χ3v) is 3.53. The summed E-state index contributed by atoms with van der Waals surface area (Å²) in [7, 11) is 0. The molecule has 8 heteroatoms. The van der Waals surface area contributed by atoms with Crippen LogP contribution in [0.5, 0.6) is 11.5 Å². The van der Waals surface area contributed by atoms with Crippen LogP contribution >= 0.6 is 0 Å². The summed E-state index contributed by atoms with van der Waals surface area (Å²) < 4.78 is 49.9. The predicted octanol–water partition coefficient (Wildman–Crippen LogP) is 4.98. The van der Waals surface area contributed by atoms with Gasteiger partial charge < -0.3 is 19.9 Å². The summed E-state index contributed by atoms with van der Waals surface area (Å²) in [5.41, 5.74) is -1.23.